The maximum absolute atomic E-state index is 9.91. The zero-order chi connectivity index (χ0) is 9.94. The summed E-state index contributed by atoms with van der Waals surface area (Å²) in [6.07, 6.45) is 8.30. The number of hydrogen-bond acceptors (Lipinski definition) is 2. The summed E-state index contributed by atoms with van der Waals surface area (Å²) in [6.45, 7) is 6.28. The number of rotatable bonds is 9. The van der Waals surface area contributed by atoms with Crippen molar-refractivity contribution in [2.45, 2.75) is 51.9 Å². The first-order valence-corrected chi connectivity index (χ1v) is 5.09. The molecule has 2 nitrogen and oxygen atoms in total. The first-order chi connectivity index (χ1) is 6.31. The molecule has 0 amide bonds. The van der Waals surface area contributed by atoms with Crippen LogP contribution in [0.4, 0.5) is 0 Å². The Labute approximate surface area is 81.0 Å². The van der Waals surface area contributed by atoms with Gasteiger partial charge in [0.15, 0.2) is 0 Å². The van der Waals surface area contributed by atoms with E-state index in [0.717, 1.165) is 12.8 Å². The standard InChI is InChI=1S/C11H20O2/c1-3-4-5-6-7-8-9-11(2)13-10-12/h10H,2-9H2,1H3. The molecule has 0 bridgehead atoms. The van der Waals surface area contributed by atoms with E-state index in [2.05, 4.69) is 18.2 Å². The van der Waals surface area contributed by atoms with Crippen LogP contribution in [-0.2, 0) is 9.53 Å². The summed E-state index contributed by atoms with van der Waals surface area (Å²) in [6, 6.07) is 0. The fourth-order valence-corrected chi connectivity index (χ4v) is 1.23. The molecule has 0 aromatic carbocycles. The SMILES string of the molecule is C=C(CCCCCCCC)OC=O. The topological polar surface area (TPSA) is 26.3 Å². The third kappa shape index (κ3) is 9.12. The normalized spacial score (nSPS) is 9.62. The molecule has 0 unspecified atom stereocenters. The van der Waals surface area contributed by atoms with Crippen LogP contribution < -0.4 is 0 Å². The summed E-state index contributed by atoms with van der Waals surface area (Å²) in [4.78, 5) is 9.91. The van der Waals surface area contributed by atoms with Gasteiger partial charge in [0.05, 0.1) is 0 Å². The van der Waals surface area contributed by atoms with Gasteiger partial charge in [-0.2, -0.15) is 0 Å². The fraction of sp³-hybridized carbons (Fsp3) is 0.727. The Hall–Kier alpha value is -0.790. The molecule has 0 aliphatic heterocycles. The van der Waals surface area contributed by atoms with Gasteiger partial charge in [0.2, 0.25) is 0 Å². The molecule has 0 aromatic heterocycles. The molecule has 0 N–H and O–H groups in total. The lowest BCUT2D eigenvalue weighted by Crippen LogP contribution is -1.88. The molecule has 0 aromatic rings. The number of carbonyl (C=O) groups is 1. The van der Waals surface area contributed by atoms with Gasteiger partial charge in [-0.15, -0.1) is 0 Å². The minimum Gasteiger partial charge on any atom is -0.434 e. The number of unbranched alkanes of at least 4 members (excludes halogenated alkanes) is 5. The van der Waals surface area contributed by atoms with Crippen LogP contribution in [0.3, 0.4) is 0 Å². The van der Waals surface area contributed by atoms with E-state index in [1.807, 2.05) is 0 Å². The second-order valence-electron chi connectivity index (χ2n) is 3.27. The van der Waals surface area contributed by atoms with Gasteiger partial charge in [0.1, 0.15) is 5.76 Å². The molecule has 0 saturated heterocycles. The summed E-state index contributed by atoms with van der Waals surface area (Å²) in [5.41, 5.74) is 0. The molecular formula is C11H20O2. The summed E-state index contributed by atoms with van der Waals surface area (Å²) >= 11 is 0. The fourth-order valence-electron chi connectivity index (χ4n) is 1.23. The van der Waals surface area contributed by atoms with Crippen molar-refractivity contribution in [1.82, 2.24) is 0 Å². The Kier molecular flexibility index (Phi) is 8.73. The van der Waals surface area contributed by atoms with Crippen molar-refractivity contribution in [3.8, 4) is 0 Å². The second-order valence-corrected chi connectivity index (χ2v) is 3.27. The molecule has 0 heterocycles. The third-order valence-corrected chi connectivity index (χ3v) is 2.02. The van der Waals surface area contributed by atoms with Gasteiger partial charge in [-0.25, -0.2) is 0 Å². The molecule has 0 saturated carbocycles. The Balaban J connectivity index is 3.06. The van der Waals surface area contributed by atoms with Gasteiger partial charge < -0.3 is 4.74 Å². The smallest absolute Gasteiger partial charge is 0.298 e. The van der Waals surface area contributed by atoms with Crippen LogP contribution in [0.2, 0.25) is 0 Å². The van der Waals surface area contributed by atoms with E-state index in [-0.39, 0.29) is 0 Å². The van der Waals surface area contributed by atoms with E-state index in [0.29, 0.717) is 12.2 Å². The average Bonchev–Trinajstić information content (AvgIpc) is 2.11. The van der Waals surface area contributed by atoms with E-state index in [4.69, 9.17) is 0 Å². The molecule has 76 valence electrons. The molecular weight excluding hydrogens is 164 g/mol. The number of allylic oxidation sites excluding steroid dienone is 1. The molecule has 0 atom stereocenters. The summed E-state index contributed by atoms with van der Waals surface area (Å²) in [5.74, 6) is 0.588. The Morgan fingerprint density at radius 3 is 2.46 bits per heavy atom. The molecule has 13 heavy (non-hydrogen) atoms. The highest BCUT2D eigenvalue weighted by molar-refractivity contribution is 5.39. The second kappa shape index (κ2) is 9.30. The minimum atomic E-state index is 0.444. The van der Waals surface area contributed by atoms with Crippen LogP contribution in [0, 0.1) is 0 Å². The Morgan fingerprint density at radius 1 is 1.23 bits per heavy atom. The number of carbonyl (C=O) groups excluding carboxylic acids is 1. The van der Waals surface area contributed by atoms with E-state index >= 15 is 0 Å². The molecule has 0 rings (SSSR count). The van der Waals surface area contributed by atoms with Crippen LogP contribution in [0.5, 0.6) is 0 Å². The predicted octanol–water partition coefficient (Wildman–Crippen LogP) is 3.42. The maximum Gasteiger partial charge on any atom is 0.298 e. The van der Waals surface area contributed by atoms with Gasteiger partial charge in [-0.1, -0.05) is 45.6 Å². The van der Waals surface area contributed by atoms with Crippen LogP contribution in [0.15, 0.2) is 12.3 Å². The predicted molar refractivity (Wildman–Crippen MR) is 54.3 cm³/mol. The third-order valence-electron chi connectivity index (χ3n) is 2.02. The van der Waals surface area contributed by atoms with Crippen molar-refractivity contribution in [3.63, 3.8) is 0 Å². The maximum atomic E-state index is 9.91. The van der Waals surface area contributed by atoms with Crippen molar-refractivity contribution >= 4 is 6.47 Å². The quantitative estimate of drug-likeness (QED) is 0.312. The van der Waals surface area contributed by atoms with Crippen molar-refractivity contribution in [3.05, 3.63) is 12.3 Å². The van der Waals surface area contributed by atoms with Crippen LogP contribution in [0.1, 0.15) is 51.9 Å². The lowest BCUT2D eigenvalue weighted by molar-refractivity contribution is -0.125. The largest absolute Gasteiger partial charge is 0.434 e. The van der Waals surface area contributed by atoms with E-state index in [1.165, 1.54) is 32.1 Å². The summed E-state index contributed by atoms with van der Waals surface area (Å²) < 4.78 is 4.59. The van der Waals surface area contributed by atoms with Gasteiger partial charge in [0, 0.05) is 6.42 Å². The number of ether oxygens (including phenoxy) is 1. The van der Waals surface area contributed by atoms with Crippen LogP contribution in [-0.4, -0.2) is 6.47 Å². The molecule has 2 heteroatoms. The van der Waals surface area contributed by atoms with E-state index < -0.39 is 0 Å². The zero-order valence-electron chi connectivity index (χ0n) is 8.55. The van der Waals surface area contributed by atoms with Gasteiger partial charge in [-0.05, 0) is 6.42 Å². The highest BCUT2D eigenvalue weighted by Crippen LogP contribution is 2.10. The van der Waals surface area contributed by atoms with Crippen LogP contribution >= 0.6 is 0 Å². The van der Waals surface area contributed by atoms with Crippen molar-refractivity contribution < 1.29 is 9.53 Å². The van der Waals surface area contributed by atoms with Gasteiger partial charge in [0.25, 0.3) is 6.47 Å². The summed E-state index contributed by atoms with van der Waals surface area (Å²) in [5, 5.41) is 0. The first kappa shape index (κ1) is 12.2. The molecule has 0 aliphatic rings. The minimum absolute atomic E-state index is 0.444. The van der Waals surface area contributed by atoms with E-state index in [9.17, 15) is 4.79 Å². The Morgan fingerprint density at radius 2 is 1.85 bits per heavy atom. The molecule has 0 spiro atoms. The van der Waals surface area contributed by atoms with Gasteiger partial charge >= 0.3 is 0 Å². The van der Waals surface area contributed by atoms with E-state index in [1.54, 1.807) is 0 Å². The highest BCUT2D eigenvalue weighted by atomic mass is 16.5. The van der Waals surface area contributed by atoms with Crippen molar-refractivity contribution in [2.75, 3.05) is 0 Å². The highest BCUT2D eigenvalue weighted by Gasteiger charge is 1.94. The van der Waals surface area contributed by atoms with Gasteiger partial charge in [-0.3, -0.25) is 4.79 Å². The molecule has 0 radical (unpaired) electrons. The van der Waals surface area contributed by atoms with Crippen molar-refractivity contribution in [1.29, 1.82) is 0 Å². The monoisotopic (exact) mass is 184 g/mol. The number of hydrogen-bond donors (Lipinski definition) is 0. The first-order valence-electron chi connectivity index (χ1n) is 5.09. The zero-order valence-corrected chi connectivity index (χ0v) is 8.55. The molecule has 0 fully saturated rings. The average molecular weight is 184 g/mol. The van der Waals surface area contributed by atoms with Crippen molar-refractivity contribution in [2.24, 2.45) is 0 Å². The lowest BCUT2D eigenvalue weighted by atomic mass is 10.1. The Bertz CT molecular complexity index is 141. The summed E-state index contributed by atoms with van der Waals surface area (Å²) in [7, 11) is 0. The molecule has 0 aliphatic carbocycles. The van der Waals surface area contributed by atoms with Crippen LogP contribution in [0.25, 0.3) is 0 Å². The lowest BCUT2D eigenvalue weighted by Gasteiger charge is -2.02.